The molecule has 0 saturated carbocycles. The maximum atomic E-state index is 12.6. The molecule has 2 aromatic carbocycles. The Morgan fingerprint density at radius 1 is 1.17 bits per heavy atom. The van der Waals surface area contributed by atoms with Gasteiger partial charge in [0, 0.05) is 27.8 Å². The third kappa shape index (κ3) is 3.21. The van der Waals surface area contributed by atoms with Gasteiger partial charge in [-0.05, 0) is 49.4 Å². The second-order valence-electron chi connectivity index (χ2n) is 5.44. The van der Waals surface area contributed by atoms with Gasteiger partial charge in [0.05, 0.1) is 12.1 Å². The zero-order valence-corrected chi connectivity index (χ0v) is 14.7. The number of nitrogens with zero attached hydrogens (tertiary/aromatic N) is 1. The van der Waals surface area contributed by atoms with Crippen molar-refractivity contribution in [3.63, 3.8) is 0 Å². The van der Waals surface area contributed by atoms with Gasteiger partial charge in [-0.2, -0.15) is 0 Å². The van der Waals surface area contributed by atoms with Crippen molar-refractivity contribution in [1.29, 1.82) is 0 Å². The first kappa shape index (κ1) is 16.7. The van der Waals surface area contributed by atoms with Crippen molar-refractivity contribution >= 4 is 45.7 Å². The molecule has 0 fully saturated rings. The van der Waals surface area contributed by atoms with Crippen molar-refractivity contribution in [2.24, 2.45) is 0 Å². The molecule has 1 amide bonds. The van der Waals surface area contributed by atoms with Gasteiger partial charge in [0.1, 0.15) is 11.8 Å². The van der Waals surface area contributed by atoms with Crippen LogP contribution in [0.2, 0.25) is 10.0 Å². The minimum atomic E-state index is -0.385. The summed E-state index contributed by atoms with van der Waals surface area (Å²) in [4.78, 5) is 12.6. The van der Waals surface area contributed by atoms with Crippen LogP contribution in [0.25, 0.3) is 10.9 Å². The number of nitrogens with one attached hydrogen (secondary N) is 1. The topological polar surface area (TPSA) is 43.3 Å². The molecule has 0 aliphatic rings. The molecule has 1 atom stereocenters. The molecule has 0 spiro atoms. The summed E-state index contributed by atoms with van der Waals surface area (Å²) in [5.41, 5.74) is 1.58. The van der Waals surface area contributed by atoms with E-state index >= 15 is 0 Å². The van der Waals surface area contributed by atoms with Crippen LogP contribution in [0, 0.1) is 0 Å². The summed E-state index contributed by atoms with van der Waals surface area (Å²) in [7, 11) is 1.55. The highest BCUT2D eigenvalue weighted by Gasteiger charge is 2.17. The summed E-state index contributed by atoms with van der Waals surface area (Å²) in [6.07, 6.45) is 1.88. The van der Waals surface area contributed by atoms with E-state index in [1.54, 1.807) is 25.3 Å². The van der Waals surface area contributed by atoms with Gasteiger partial charge in [-0.1, -0.05) is 23.2 Å². The van der Waals surface area contributed by atoms with Gasteiger partial charge in [-0.25, -0.2) is 0 Å². The summed E-state index contributed by atoms with van der Waals surface area (Å²) in [5.74, 6) is 0.430. The average molecular weight is 363 g/mol. The molecule has 1 N–H and O–H groups in total. The van der Waals surface area contributed by atoms with Crippen molar-refractivity contribution in [2.75, 3.05) is 12.4 Å². The van der Waals surface area contributed by atoms with E-state index in [2.05, 4.69) is 5.32 Å². The van der Waals surface area contributed by atoms with Crippen LogP contribution in [-0.2, 0) is 4.79 Å². The number of carbonyl (C=O) groups excluding carboxylic acids is 1. The normalized spacial score (nSPS) is 12.2. The lowest BCUT2D eigenvalue weighted by Gasteiger charge is -2.16. The minimum Gasteiger partial charge on any atom is -0.495 e. The van der Waals surface area contributed by atoms with E-state index < -0.39 is 0 Å². The molecular formula is C18H16Cl2N2O2. The molecule has 1 aromatic heterocycles. The van der Waals surface area contributed by atoms with Crippen LogP contribution in [0.1, 0.15) is 13.0 Å². The van der Waals surface area contributed by atoms with Gasteiger partial charge in [-0.3, -0.25) is 4.79 Å². The second kappa shape index (κ2) is 6.75. The molecule has 1 heterocycles. The predicted octanol–water partition coefficient (Wildman–Crippen LogP) is 5.16. The third-order valence-electron chi connectivity index (χ3n) is 3.90. The minimum absolute atomic E-state index is 0.135. The first-order valence-electron chi connectivity index (χ1n) is 7.40. The summed E-state index contributed by atoms with van der Waals surface area (Å²) >= 11 is 12.1. The largest absolute Gasteiger partial charge is 0.495 e. The molecule has 6 heteroatoms. The Hall–Kier alpha value is -2.17. The second-order valence-corrected chi connectivity index (χ2v) is 6.28. The number of hydrogen-bond acceptors (Lipinski definition) is 2. The molecular weight excluding hydrogens is 347 g/mol. The van der Waals surface area contributed by atoms with Crippen LogP contribution in [0.3, 0.4) is 0 Å². The Morgan fingerprint density at radius 3 is 2.67 bits per heavy atom. The van der Waals surface area contributed by atoms with Crippen LogP contribution in [0.15, 0.2) is 48.7 Å². The molecule has 3 aromatic rings. The lowest BCUT2D eigenvalue weighted by molar-refractivity contribution is -0.118. The van der Waals surface area contributed by atoms with Crippen molar-refractivity contribution in [1.82, 2.24) is 4.57 Å². The third-order valence-corrected chi connectivity index (χ3v) is 4.43. The number of aromatic nitrogens is 1. The Labute approximate surface area is 149 Å². The molecule has 0 radical (unpaired) electrons. The highest BCUT2D eigenvalue weighted by molar-refractivity contribution is 6.32. The van der Waals surface area contributed by atoms with Crippen molar-refractivity contribution in [3.05, 3.63) is 58.7 Å². The fraction of sp³-hybridized carbons (Fsp3) is 0.167. The highest BCUT2D eigenvalue weighted by Crippen LogP contribution is 2.28. The molecule has 124 valence electrons. The zero-order valence-electron chi connectivity index (χ0n) is 13.2. The Kier molecular flexibility index (Phi) is 4.69. The van der Waals surface area contributed by atoms with Crippen LogP contribution in [0.4, 0.5) is 5.69 Å². The number of fused-ring (bicyclic) bond motifs is 1. The van der Waals surface area contributed by atoms with Crippen molar-refractivity contribution in [2.45, 2.75) is 13.0 Å². The summed E-state index contributed by atoms with van der Waals surface area (Å²) < 4.78 is 7.02. The average Bonchev–Trinajstić information content (AvgIpc) is 2.97. The molecule has 0 bridgehead atoms. The van der Waals surface area contributed by atoms with Crippen LogP contribution in [0.5, 0.6) is 5.75 Å². The molecule has 24 heavy (non-hydrogen) atoms. The van der Waals surface area contributed by atoms with Gasteiger partial charge in [0.25, 0.3) is 0 Å². The lowest BCUT2D eigenvalue weighted by Crippen LogP contribution is -2.23. The Balaban J connectivity index is 1.82. The van der Waals surface area contributed by atoms with Gasteiger partial charge in [-0.15, -0.1) is 0 Å². The van der Waals surface area contributed by atoms with E-state index in [9.17, 15) is 4.79 Å². The fourth-order valence-corrected chi connectivity index (χ4v) is 3.03. The molecule has 1 unspecified atom stereocenters. The smallest absolute Gasteiger partial charge is 0.247 e. The highest BCUT2D eigenvalue weighted by atomic mass is 35.5. The maximum absolute atomic E-state index is 12.6. The molecule has 0 aliphatic heterocycles. The monoisotopic (exact) mass is 362 g/mol. The van der Waals surface area contributed by atoms with E-state index in [1.165, 1.54) is 0 Å². The summed E-state index contributed by atoms with van der Waals surface area (Å²) in [5, 5.41) is 4.99. The first-order valence-corrected chi connectivity index (χ1v) is 8.15. The van der Waals surface area contributed by atoms with Crippen LogP contribution < -0.4 is 10.1 Å². The Morgan fingerprint density at radius 2 is 1.96 bits per heavy atom. The predicted molar refractivity (Wildman–Crippen MR) is 98.3 cm³/mol. The number of carbonyl (C=O) groups is 1. The number of benzene rings is 2. The quantitative estimate of drug-likeness (QED) is 0.696. The molecule has 4 nitrogen and oxygen atoms in total. The molecule has 0 aliphatic carbocycles. The van der Waals surface area contributed by atoms with Crippen molar-refractivity contribution < 1.29 is 9.53 Å². The van der Waals surface area contributed by atoms with Gasteiger partial charge < -0.3 is 14.6 Å². The standard InChI is InChI=1S/C18H16Cl2N2O2/c1-11(22-8-7-12-9-13(19)3-5-16(12)22)18(23)21-14-4-6-17(24-2)15(20)10-14/h3-11H,1-2H3,(H,21,23). The molecule has 3 rings (SSSR count). The number of hydrogen-bond donors (Lipinski definition) is 1. The Bertz CT molecular complexity index is 905. The number of halogens is 2. The summed E-state index contributed by atoms with van der Waals surface area (Å²) in [6, 6.07) is 12.3. The van der Waals surface area contributed by atoms with E-state index in [4.69, 9.17) is 27.9 Å². The number of rotatable bonds is 4. The van der Waals surface area contributed by atoms with Gasteiger partial charge >= 0.3 is 0 Å². The van der Waals surface area contributed by atoms with Crippen molar-refractivity contribution in [3.8, 4) is 5.75 Å². The fourth-order valence-electron chi connectivity index (χ4n) is 2.59. The van der Waals surface area contributed by atoms with Gasteiger partial charge in [0.2, 0.25) is 5.91 Å². The number of amides is 1. The maximum Gasteiger partial charge on any atom is 0.247 e. The van der Waals surface area contributed by atoms with E-state index in [1.807, 2.05) is 42.0 Å². The number of methoxy groups -OCH3 is 1. The van der Waals surface area contributed by atoms with E-state index in [0.29, 0.717) is 21.5 Å². The zero-order chi connectivity index (χ0) is 17.3. The van der Waals surface area contributed by atoms with Crippen LogP contribution >= 0.6 is 23.2 Å². The lowest BCUT2D eigenvalue weighted by atomic mass is 10.2. The SMILES string of the molecule is COc1ccc(NC(=O)C(C)n2ccc3cc(Cl)ccc32)cc1Cl. The number of anilines is 1. The van der Waals surface area contributed by atoms with E-state index in [-0.39, 0.29) is 11.9 Å². The number of ether oxygens (including phenoxy) is 1. The summed E-state index contributed by atoms with van der Waals surface area (Å²) in [6.45, 7) is 1.84. The first-order chi connectivity index (χ1) is 11.5. The van der Waals surface area contributed by atoms with E-state index in [0.717, 1.165) is 10.9 Å². The van der Waals surface area contributed by atoms with Crippen LogP contribution in [-0.4, -0.2) is 17.6 Å². The van der Waals surface area contributed by atoms with Gasteiger partial charge in [0.15, 0.2) is 0 Å². The molecule has 0 saturated heterocycles.